The van der Waals surface area contributed by atoms with E-state index in [0.29, 0.717) is 6.54 Å². The molecule has 1 heterocycles. The van der Waals surface area contributed by atoms with Gasteiger partial charge in [-0.05, 0) is 25.2 Å². The molecule has 0 aliphatic carbocycles. The van der Waals surface area contributed by atoms with Crippen molar-refractivity contribution in [2.75, 3.05) is 11.8 Å². The zero-order chi connectivity index (χ0) is 15.6. The van der Waals surface area contributed by atoms with E-state index in [4.69, 9.17) is 11.6 Å². The van der Waals surface area contributed by atoms with Crippen LogP contribution in [-0.2, 0) is 23.6 Å². The quantitative estimate of drug-likeness (QED) is 0.884. The van der Waals surface area contributed by atoms with Gasteiger partial charge in [0.1, 0.15) is 16.4 Å². The molecule has 0 atom stereocenters. The van der Waals surface area contributed by atoms with E-state index >= 15 is 0 Å². The Morgan fingerprint density at radius 3 is 2.71 bits per heavy atom. The maximum atomic E-state index is 13.7. The first kappa shape index (κ1) is 15.8. The van der Waals surface area contributed by atoms with Crippen LogP contribution in [0.15, 0.2) is 35.4 Å². The number of halogens is 2. The molecule has 1 aromatic carbocycles. The molecule has 0 aliphatic heterocycles. The zero-order valence-electron chi connectivity index (χ0n) is 11.5. The third-order valence-corrected chi connectivity index (χ3v) is 4.58. The molecule has 0 fully saturated rings. The summed E-state index contributed by atoms with van der Waals surface area (Å²) in [6.07, 6.45) is 1.46. The third kappa shape index (κ3) is 3.37. The summed E-state index contributed by atoms with van der Waals surface area (Å²) in [6, 6.07) is 5.48. The van der Waals surface area contributed by atoms with Gasteiger partial charge in [0.25, 0.3) is 10.0 Å². The number of para-hydroxylation sites is 1. The van der Waals surface area contributed by atoms with Gasteiger partial charge in [-0.25, -0.2) is 12.8 Å². The lowest BCUT2D eigenvalue weighted by molar-refractivity contribution is 0.598. The average Bonchev–Trinajstić information content (AvgIpc) is 2.77. The van der Waals surface area contributed by atoms with Crippen LogP contribution < -0.4 is 10.0 Å². The molecule has 8 heteroatoms. The molecule has 0 aliphatic rings. The summed E-state index contributed by atoms with van der Waals surface area (Å²) < 4.78 is 42.2. The van der Waals surface area contributed by atoms with E-state index in [1.807, 2.05) is 0 Å². The van der Waals surface area contributed by atoms with Crippen LogP contribution in [0.25, 0.3) is 0 Å². The Labute approximate surface area is 127 Å². The second-order valence-corrected chi connectivity index (χ2v) is 6.60. The van der Waals surface area contributed by atoms with Gasteiger partial charge in [-0.2, -0.15) is 0 Å². The molecule has 114 valence electrons. The SMILES string of the molecule is CNCc1cc(S(=O)(=O)Nc2c(F)cccc2Cl)cn1C. The fourth-order valence-electron chi connectivity index (χ4n) is 1.87. The van der Waals surface area contributed by atoms with Crippen molar-refractivity contribution in [2.45, 2.75) is 11.4 Å². The zero-order valence-corrected chi connectivity index (χ0v) is 13.1. The van der Waals surface area contributed by atoms with Crippen molar-refractivity contribution >= 4 is 27.3 Å². The molecule has 0 saturated carbocycles. The Hall–Kier alpha value is -1.57. The van der Waals surface area contributed by atoms with Gasteiger partial charge < -0.3 is 9.88 Å². The second-order valence-electron chi connectivity index (χ2n) is 4.51. The van der Waals surface area contributed by atoms with Crippen LogP contribution in [0.5, 0.6) is 0 Å². The van der Waals surface area contributed by atoms with Crippen molar-refractivity contribution in [1.82, 2.24) is 9.88 Å². The summed E-state index contributed by atoms with van der Waals surface area (Å²) in [5, 5.41) is 2.94. The molecular weight excluding hydrogens is 317 g/mol. The number of aryl methyl sites for hydroxylation is 1. The van der Waals surface area contributed by atoms with Crippen LogP contribution in [0.3, 0.4) is 0 Å². The normalized spacial score (nSPS) is 11.6. The fraction of sp³-hybridized carbons (Fsp3) is 0.231. The Morgan fingerprint density at radius 2 is 2.10 bits per heavy atom. The number of hydrogen-bond acceptors (Lipinski definition) is 3. The van der Waals surface area contributed by atoms with Gasteiger partial charge in [0.05, 0.1) is 5.02 Å². The molecule has 0 bridgehead atoms. The first-order valence-corrected chi connectivity index (χ1v) is 7.98. The lowest BCUT2D eigenvalue weighted by Crippen LogP contribution is -2.13. The van der Waals surface area contributed by atoms with Crippen molar-refractivity contribution in [3.05, 3.63) is 47.0 Å². The summed E-state index contributed by atoms with van der Waals surface area (Å²) in [5.41, 5.74) is 0.538. The molecule has 2 N–H and O–H groups in total. The number of nitrogens with one attached hydrogen (secondary N) is 2. The van der Waals surface area contributed by atoms with Gasteiger partial charge in [0, 0.05) is 25.5 Å². The predicted octanol–water partition coefficient (Wildman–Crippen LogP) is 2.34. The molecule has 0 radical (unpaired) electrons. The van der Waals surface area contributed by atoms with Gasteiger partial charge in [0.15, 0.2) is 0 Å². The van der Waals surface area contributed by atoms with Crippen LogP contribution >= 0.6 is 11.6 Å². The number of sulfonamides is 1. The van der Waals surface area contributed by atoms with E-state index in [9.17, 15) is 12.8 Å². The van der Waals surface area contributed by atoms with Crippen LogP contribution in [-0.4, -0.2) is 20.0 Å². The van der Waals surface area contributed by atoms with Crippen molar-refractivity contribution in [1.29, 1.82) is 0 Å². The summed E-state index contributed by atoms with van der Waals surface area (Å²) in [7, 11) is -0.401. The van der Waals surface area contributed by atoms with Crippen molar-refractivity contribution in [3.8, 4) is 0 Å². The minimum Gasteiger partial charge on any atom is -0.352 e. The lowest BCUT2D eigenvalue weighted by Gasteiger charge is -2.09. The molecule has 1 aromatic heterocycles. The van der Waals surface area contributed by atoms with Crippen molar-refractivity contribution in [3.63, 3.8) is 0 Å². The fourth-order valence-corrected chi connectivity index (χ4v) is 3.32. The highest BCUT2D eigenvalue weighted by Gasteiger charge is 2.20. The lowest BCUT2D eigenvalue weighted by atomic mass is 10.3. The van der Waals surface area contributed by atoms with Gasteiger partial charge in [-0.15, -0.1) is 0 Å². The highest BCUT2D eigenvalue weighted by Crippen LogP contribution is 2.27. The van der Waals surface area contributed by atoms with E-state index in [1.165, 1.54) is 24.4 Å². The average molecular weight is 332 g/mol. The largest absolute Gasteiger partial charge is 0.352 e. The van der Waals surface area contributed by atoms with Gasteiger partial charge in [-0.3, -0.25) is 4.72 Å². The summed E-state index contributed by atoms with van der Waals surface area (Å²) in [5.74, 6) is -0.725. The molecule has 0 saturated heterocycles. The van der Waals surface area contributed by atoms with E-state index in [1.54, 1.807) is 18.7 Å². The summed E-state index contributed by atoms with van der Waals surface area (Å²) >= 11 is 5.83. The highest BCUT2D eigenvalue weighted by molar-refractivity contribution is 7.92. The monoisotopic (exact) mass is 331 g/mol. The molecule has 0 amide bonds. The third-order valence-electron chi connectivity index (χ3n) is 2.95. The molecule has 5 nitrogen and oxygen atoms in total. The maximum Gasteiger partial charge on any atom is 0.263 e. The Balaban J connectivity index is 2.37. The van der Waals surface area contributed by atoms with Gasteiger partial charge in [-0.1, -0.05) is 17.7 Å². The minimum atomic E-state index is -3.90. The Bertz CT molecular complexity index is 739. The van der Waals surface area contributed by atoms with Crippen LogP contribution in [0, 0.1) is 5.82 Å². The number of rotatable bonds is 5. The first-order valence-electron chi connectivity index (χ1n) is 6.12. The molecule has 2 rings (SSSR count). The number of anilines is 1. The van der Waals surface area contributed by atoms with Crippen LogP contribution in [0.4, 0.5) is 10.1 Å². The second kappa shape index (κ2) is 6.05. The summed E-state index contributed by atoms with van der Waals surface area (Å²) in [6.45, 7) is 0.520. The van der Waals surface area contributed by atoms with E-state index in [-0.39, 0.29) is 15.6 Å². The van der Waals surface area contributed by atoms with Gasteiger partial charge in [0.2, 0.25) is 0 Å². The van der Waals surface area contributed by atoms with Gasteiger partial charge >= 0.3 is 0 Å². The van der Waals surface area contributed by atoms with Crippen molar-refractivity contribution < 1.29 is 12.8 Å². The van der Waals surface area contributed by atoms with E-state index in [0.717, 1.165) is 11.8 Å². The number of nitrogens with zero attached hydrogens (tertiary/aromatic N) is 1. The molecule has 0 unspecified atom stereocenters. The maximum absolute atomic E-state index is 13.7. The molecular formula is C13H15ClFN3O2S. The minimum absolute atomic E-state index is 0.00459. The number of benzene rings is 1. The molecule has 2 aromatic rings. The standard InChI is InChI=1S/C13H15ClFN3O2S/c1-16-7-9-6-10(8-18(9)2)21(19,20)17-13-11(14)4-3-5-12(13)15/h3-6,8,16-17H,7H2,1-2H3. The van der Waals surface area contributed by atoms with Crippen molar-refractivity contribution in [2.24, 2.45) is 7.05 Å². The van der Waals surface area contributed by atoms with E-state index < -0.39 is 15.8 Å². The van der Waals surface area contributed by atoms with Crippen LogP contribution in [0.2, 0.25) is 5.02 Å². The first-order chi connectivity index (χ1) is 9.85. The van der Waals surface area contributed by atoms with Crippen LogP contribution in [0.1, 0.15) is 5.69 Å². The summed E-state index contributed by atoms with van der Waals surface area (Å²) in [4.78, 5) is 0.0505. The topological polar surface area (TPSA) is 63.1 Å². The highest BCUT2D eigenvalue weighted by atomic mass is 35.5. The Kier molecular flexibility index (Phi) is 4.55. The predicted molar refractivity (Wildman–Crippen MR) is 80.4 cm³/mol. The number of aromatic nitrogens is 1. The Morgan fingerprint density at radius 1 is 1.38 bits per heavy atom. The number of hydrogen-bond donors (Lipinski definition) is 2. The molecule has 0 spiro atoms. The smallest absolute Gasteiger partial charge is 0.263 e. The molecule has 21 heavy (non-hydrogen) atoms. The van der Waals surface area contributed by atoms with E-state index in [2.05, 4.69) is 10.0 Å².